The molecule has 7 heteroatoms. The Morgan fingerprint density at radius 3 is 2.86 bits per heavy atom. The maximum Gasteiger partial charge on any atom is 0.343 e. The van der Waals surface area contributed by atoms with Crippen LogP contribution in [0.25, 0.3) is 0 Å². The molecule has 2 aromatic rings. The van der Waals surface area contributed by atoms with E-state index in [0.717, 1.165) is 6.07 Å². The third-order valence-electron chi connectivity index (χ3n) is 2.72. The van der Waals surface area contributed by atoms with Crippen LogP contribution in [0.3, 0.4) is 0 Å². The molecule has 0 radical (unpaired) electrons. The fraction of sp³-hybridized carbons (Fsp3) is 0.200. The predicted molar refractivity (Wildman–Crippen MR) is 78.0 cm³/mol. The number of methoxy groups -OCH3 is 1. The van der Waals surface area contributed by atoms with Gasteiger partial charge in [-0.2, -0.15) is 0 Å². The van der Waals surface area contributed by atoms with Crippen LogP contribution < -0.4 is 9.47 Å². The van der Waals surface area contributed by atoms with E-state index in [0.29, 0.717) is 5.56 Å². The first-order valence-corrected chi connectivity index (χ1v) is 6.67. The summed E-state index contributed by atoms with van der Waals surface area (Å²) in [5.41, 5.74) is 0.389. The van der Waals surface area contributed by atoms with Crippen molar-refractivity contribution in [3.63, 3.8) is 0 Å². The van der Waals surface area contributed by atoms with Crippen molar-refractivity contribution >= 4 is 17.6 Å². The molecule has 0 amide bonds. The van der Waals surface area contributed by atoms with Crippen LogP contribution in [0, 0.1) is 12.7 Å². The standard InChI is InChI=1S/C15H13ClFNO4/c1-9-6-13(10(16)7-11(9)17)22-12-4-3-5-18-15(12)21-8-14(19)20-2/h3-7H,8H2,1-2H3. The number of aromatic nitrogens is 1. The molecule has 0 saturated heterocycles. The highest BCUT2D eigenvalue weighted by atomic mass is 35.5. The molecule has 1 aromatic heterocycles. The van der Waals surface area contributed by atoms with Crippen LogP contribution in [0.4, 0.5) is 4.39 Å². The van der Waals surface area contributed by atoms with Gasteiger partial charge in [0.2, 0.25) is 0 Å². The second kappa shape index (κ2) is 7.09. The molecular weight excluding hydrogens is 313 g/mol. The van der Waals surface area contributed by atoms with Gasteiger partial charge in [0.25, 0.3) is 5.88 Å². The third-order valence-corrected chi connectivity index (χ3v) is 3.02. The molecule has 1 heterocycles. The zero-order chi connectivity index (χ0) is 16.1. The zero-order valence-electron chi connectivity index (χ0n) is 11.9. The lowest BCUT2D eigenvalue weighted by molar-refractivity contribution is -0.143. The summed E-state index contributed by atoms with van der Waals surface area (Å²) in [5, 5.41) is 0.117. The van der Waals surface area contributed by atoms with Gasteiger partial charge in [-0.05, 0) is 36.8 Å². The molecule has 0 atom stereocenters. The van der Waals surface area contributed by atoms with Crippen molar-refractivity contribution in [3.05, 3.63) is 46.9 Å². The second-order valence-electron chi connectivity index (χ2n) is 4.31. The molecule has 0 fully saturated rings. The quantitative estimate of drug-likeness (QED) is 0.787. The van der Waals surface area contributed by atoms with E-state index in [2.05, 4.69) is 9.72 Å². The lowest BCUT2D eigenvalue weighted by Gasteiger charge is -2.12. The first kappa shape index (κ1) is 16.0. The van der Waals surface area contributed by atoms with E-state index in [9.17, 15) is 9.18 Å². The number of carbonyl (C=O) groups is 1. The Hall–Kier alpha value is -2.34. The molecule has 0 aliphatic rings. The number of hydrogen-bond acceptors (Lipinski definition) is 5. The van der Waals surface area contributed by atoms with E-state index < -0.39 is 11.8 Å². The van der Waals surface area contributed by atoms with Gasteiger partial charge in [0.15, 0.2) is 12.4 Å². The van der Waals surface area contributed by atoms with Gasteiger partial charge in [0.1, 0.15) is 11.6 Å². The minimum absolute atomic E-state index is 0.103. The molecule has 1 aromatic carbocycles. The number of benzene rings is 1. The van der Waals surface area contributed by atoms with Crippen molar-refractivity contribution in [1.82, 2.24) is 4.98 Å². The number of carbonyl (C=O) groups excluding carboxylic acids is 1. The maximum atomic E-state index is 13.4. The molecule has 2 rings (SSSR count). The van der Waals surface area contributed by atoms with Crippen LogP contribution in [-0.4, -0.2) is 24.7 Å². The van der Waals surface area contributed by atoms with Gasteiger partial charge >= 0.3 is 5.97 Å². The fourth-order valence-electron chi connectivity index (χ4n) is 1.58. The van der Waals surface area contributed by atoms with Crippen molar-refractivity contribution in [2.45, 2.75) is 6.92 Å². The van der Waals surface area contributed by atoms with E-state index in [-0.39, 0.29) is 29.0 Å². The van der Waals surface area contributed by atoms with Crippen molar-refractivity contribution in [2.75, 3.05) is 13.7 Å². The molecule has 0 aliphatic heterocycles. The first-order chi connectivity index (χ1) is 10.5. The Bertz CT molecular complexity index is 693. The maximum absolute atomic E-state index is 13.4. The molecule has 22 heavy (non-hydrogen) atoms. The van der Waals surface area contributed by atoms with Gasteiger partial charge in [0, 0.05) is 6.20 Å². The summed E-state index contributed by atoms with van der Waals surface area (Å²) < 4.78 is 28.7. The van der Waals surface area contributed by atoms with Gasteiger partial charge in [-0.1, -0.05) is 11.6 Å². The summed E-state index contributed by atoms with van der Waals surface area (Å²) in [5.74, 6) is -0.361. The molecular formula is C15H13ClFNO4. The summed E-state index contributed by atoms with van der Waals surface area (Å²) in [6, 6.07) is 5.85. The number of esters is 1. The van der Waals surface area contributed by atoms with Crippen molar-refractivity contribution in [3.8, 4) is 17.4 Å². The van der Waals surface area contributed by atoms with E-state index >= 15 is 0 Å². The number of pyridine rings is 1. The number of aryl methyl sites for hydroxylation is 1. The Balaban J connectivity index is 2.23. The Morgan fingerprint density at radius 1 is 1.36 bits per heavy atom. The van der Waals surface area contributed by atoms with Crippen LogP contribution in [0.15, 0.2) is 30.5 Å². The minimum Gasteiger partial charge on any atom is -0.466 e. The molecule has 0 aliphatic carbocycles. The highest BCUT2D eigenvalue weighted by Gasteiger charge is 2.13. The van der Waals surface area contributed by atoms with Gasteiger partial charge < -0.3 is 14.2 Å². The molecule has 0 saturated carbocycles. The van der Waals surface area contributed by atoms with Crippen LogP contribution >= 0.6 is 11.6 Å². The van der Waals surface area contributed by atoms with E-state index in [4.69, 9.17) is 21.1 Å². The molecule has 0 unspecified atom stereocenters. The lowest BCUT2D eigenvalue weighted by Crippen LogP contribution is -2.13. The van der Waals surface area contributed by atoms with Crippen LogP contribution in [0.2, 0.25) is 5.02 Å². The number of hydrogen-bond donors (Lipinski definition) is 0. The largest absolute Gasteiger partial charge is 0.466 e. The summed E-state index contributed by atoms with van der Waals surface area (Å²) in [7, 11) is 1.25. The Morgan fingerprint density at radius 2 is 2.14 bits per heavy atom. The van der Waals surface area contributed by atoms with E-state index in [1.54, 1.807) is 19.1 Å². The fourth-order valence-corrected chi connectivity index (χ4v) is 1.76. The average molecular weight is 326 g/mol. The molecule has 0 spiro atoms. The summed E-state index contributed by atoms with van der Waals surface area (Å²) in [6.07, 6.45) is 1.48. The first-order valence-electron chi connectivity index (χ1n) is 6.29. The normalized spacial score (nSPS) is 10.2. The van der Waals surface area contributed by atoms with Crippen molar-refractivity contribution in [2.24, 2.45) is 0 Å². The van der Waals surface area contributed by atoms with E-state index in [1.165, 1.54) is 19.4 Å². The van der Waals surface area contributed by atoms with Crippen molar-refractivity contribution < 1.29 is 23.4 Å². The highest BCUT2D eigenvalue weighted by molar-refractivity contribution is 6.32. The number of nitrogens with zero attached hydrogens (tertiary/aromatic N) is 1. The monoisotopic (exact) mass is 325 g/mol. The van der Waals surface area contributed by atoms with Gasteiger partial charge in [0.05, 0.1) is 12.1 Å². The summed E-state index contributed by atoms with van der Waals surface area (Å²) in [4.78, 5) is 15.1. The van der Waals surface area contributed by atoms with Crippen LogP contribution in [-0.2, 0) is 9.53 Å². The Labute approximate surface area is 131 Å². The average Bonchev–Trinajstić information content (AvgIpc) is 2.51. The minimum atomic E-state index is -0.549. The molecule has 116 valence electrons. The van der Waals surface area contributed by atoms with Gasteiger partial charge in [-0.15, -0.1) is 0 Å². The van der Waals surface area contributed by atoms with E-state index in [1.807, 2.05) is 0 Å². The van der Waals surface area contributed by atoms with Crippen LogP contribution in [0.1, 0.15) is 5.56 Å². The third kappa shape index (κ3) is 3.85. The number of rotatable bonds is 5. The lowest BCUT2D eigenvalue weighted by atomic mass is 10.2. The molecule has 5 nitrogen and oxygen atoms in total. The van der Waals surface area contributed by atoms with Gasteiger partial charge in [-0.25, -0.2) is 14.2 Å². The zero-order valence-corrected chi connectivity index (χ0v) is 12.7. The smallest absolute Gasteiger partial charge is 0.343 e. The molecule has 0 N–H and O–H groups in total. The number of halogens is 2. The summed E-state index contributed by atoms with van der Waals surface area (Å²) >= 11 is 5.95. The Kier molecular flexibility index (Phi) is 5.16. The second-order valence-corrected chi connectivity index (χ2v) is 4.71. The highest BCUT2D eigenvalue weighted by Crippen LogP contribution is 2.35. The van der Waals surface area contributed by atoms with Crippen molar-refractivity contribution in [1.29, 1.82) is 0 Å². The van der Waals surface area contributed by atoms with Gasteiger partial charge in [-0.3, -0.25) is 0 Å². The summed E-state index contributed by atoms with van der Waals surface area (Å²) in [6.45, 7) is 1.29. The SMILES string of the molecule is COC(=O)COc1ncccc1Oc1cc(C)c(F)cc1Cl. The topological polar surface area (TPSA) is 57.7 Å². The number of ether oxygens (including phenoxy) is 3. The predicted octanol–water partition coefficient (Wildman–Crippen LogP) is 3.53. The van der Waals surface area contributed by atoms with Crippen LogP contribution in [0.5, 0.6) is 17.4 Å². The molecule has 0 bridgehead atoms.